The predicted octanol–water partition coefficient (Wildman–Crippen LogP) is 6.59. The van der Waals surface area contributed by atoms with E-state index in [0.29, 0.717) is 17.6 Å². The third kappa shape index (κ3) is 6.46. The van der Waals surface area contributed by atoms with Crippen molar-refractivity contribution in [3.63, 3.8) is 0 Å². The highest BCUT2D eigenvalue weighted by Crippen LogP contribution is 2.29. The average Bonchev–Trinajstić information content (AvgIpc) is 3.14. The Labute approximate surface area is 185 Å². The fraction of sp³-hybridized carbons (Fsp3) is 0.407. The van der Waals surface area contributed by atoms with Crippen LogP contribution in [0.1, 0.15) is 63.9 Å². The zero-order valence-corrected chi connectivity index (χ0v) is 18.3. The van der Waals surface area contributed by atoms with Gasteiger partial charge in [-0.1, -0.05) is 69.9 Å². The molecule has 1 aliphatic rings. The van der Waals surface area contributed by atoms with Crippen LogP contribution in [0, 0.1) is 11.3 Å². The van der Waals surface area contributed by atoms with Gasteiger partial charge < -0.3 is 9.47 Å². The van der Waals surface area contributed by atoms with E-state index in [0.717, 1.165) is 29.7 Å². The van der Waals surface area contributed by atoms with Gasteiger partial charge in [-0.15, -0.1) is 0 Å². The van der Waals surface area contributed by atoms with Crippen LogP contribution in [0.4, 0.5) is 0 Å². The molecule has 2 aromatic rings. The number of hydrogen-bond donors (Lipinski definition) is 0. The Morgan fingerprint density at radius 2 is 1.65 bits per heavy atom. The summed E-state index contributed by atoms with van der Waals surface area (Å²) in [5.41, 5.74) is 3.28. The summed E-state index contributed by atoms with van der Waals surface area (Å²) < 4.78 is 11.8. The molecule has 2 atom stereocenters. The van der Waals surface area contributed by atoms with Crippen LogP contribution in [0.15, 0.2) is 60.7 Å². The minimum atomic E-state index is -0.308. The molecule has 2 aromatic carbocycles. The van der Waals surface area contributed by atoms with Crippen LogP contribution in [0.5, 0.6) is 5.75 Å². The van der Waals surface area contributed by atoms with Crippen molar-refractivity contribution in [2.24, 2.45) is 0 Å². The quantitative estimate of drug-likeness (QED) is 0.235. The van der Waals surface area contributed by atoms with Crippen LogP contribution < -0.4 is 4.74 Å². The second-order valence-corrected chi connectivity index (χ2v) is 8.18. The summed E-state index contributed by atoms with van der Waals surface area (Å²) in [5.74, 6) is 0.458. The highest BCUT2D eigenvalue weighted by molar-refractivity contribution is 5.90. The molecule has 4 heteroatoms. The van der Waals surface area contributed by atoms with Crippen LogP contribution in [-0.4, -0.2) is 18.2 Å². The van der Waals surface area contributed by atoms with E-state index in [2.05, 4.69) is 19.6 Å². The van der Waals surface area contributed by atoms with Crippen LogP contribution in [0.25, 0.3) is 11.1 Å². The number of carbonyl (C=O) groups is 1. The third-order valence-corrected chi connectivity index (χ3v) is 5.74. The van der Waals surface area contributed by atoms with Gasteiger partial charge in [-0.25, -0.2) is 4.79 Å². The van der Waals surface area contributed by atoms with Crippen LogP contribution in [-0.2, 0) is 9.53 Å². The van der Waals surface area contributed by atoms with Gasteiger partial charge in [0.2, 0.25) is 0 Å². The minimum Gasteiger partial charge on any atom is -0.487 e. The Bertz CT molecular complexity index is 893. The van der Waals surface area contributed by atoms with Gasteiger partial charge >= 0.3 is 5.97 Å². The molecule has 31 heavy (non-hydrogen) atoms. The van der Waals surface area contributed by atoms with Gasteiger partial charge in [0.15, 0.2) is 0 Å². The number of carbonyl (C=O) groups excluding carboxylic acids is 1. The van der Waals surface area contributed by atoms with Crippen LogP contribution >= 0.6 is 0 Å². The lowest BCUT2D eigenvalue weighted by Crippen LogP contribution is -2.31. The fourth-order valence-corrected chi connectivity index (χ4v) is 3.88. The molecule has 0 bridgehead atoms. The smallest absolute Gasteiger partial charge is 0.333 e. The molecule has 1 saturated heterocycles. The van der Waals surface area contributed by atoms with Gasteiger partial charge in [-0.05, 0) is 48.2 Å². The summed E-state index contributed by atoms with van der Waals surface area (Å²) in [4.78, 5) is 11.8. The number of rotatable bonds is 11. The molecule has 1 aliphatic heterocycles. The van der Waals surface area contributed by atoms with Crippen molar-refractivity contribution >= 4 is 5.97 Å². The van der Waals surface area contributed by atoms with Crippen molar-refractivity contribution < 1.29 is 14.3 Å². The zero-order valence-electron chi connectivity index (χ0n) is 18.3. The molecule has 0 amide bonds. The summed E-state index contributed by atoms with van der Waals surface area (Å²) in [6, 6.07) is 17.6. The molecule has 0 spiro atoms. The number of esters is 1. The van der Waals surface area contributed by atoms with E-state index in [-0.39, 0.29) is 18.2 Å². The first-order chi connectivity index (χ1) is 15.1. The van der Waals surface area contributed by atoms with Gasteiger partial charge in [0.25, 0.3) is 0 Å². The van der Waals surface area contributed by atoms with Crippen LogP contribution in [0.3, 0.4) is 0 Å². The number of nitriles is 1. The van der Waals surface area contributed by atoms with Crippen molar-refractivity contribution in [2.75, 3.05) is 0 Å². The van der Waals surface area contributed by atoms with Gasteiger partial charge in [0.1, 0.15) is 18.0 Å². The lowest BCUT2D eigenvalue weighted by atomic mass is 10.0. The summed E-state index contributed by atoms with van der Waals surface area (Å²) in [6.07, 6.45) is 8.19. The Morgan fingerprint density at radius 1 is 1.03 bits per heavy atom. The summed E-state index contributed by atoms with van der Waals surface area (Å²) in [7, 11) is 0. The topological polar surface area (TPSA) is 59.3 Å². The van der Waals surface area contributed by atoms with Crippen molar-refractivity contribution in [3.05, 3.63) is 66.2 Å². The zero-order chi connectivity index (χ0) is 22.1. The molecule has 0 saturated carbocycles. The Morgan fingerprint density at radius 3 is 2.23 bits per heavy atom. The van der Waals surface area contributed by atoms with Crippen molar-refractivity contribution in [2.45, 2.75) is 70.5 Å². The number of ether oxygens (including phenoxy) is 2. The molecular weight excluding hydrogens is 386 g/mol. The second-order valence-electron chi connectivity index (χ2n) is 8.18. The largest absolute Gasteiger partial charge is 0.487 e. The number of nitrogens with zero attached hydrogens (tertiary/aromatic N) is 1. The minimum absolute atomic E-state index is 0.171. The SMILES string of the molecule is C=C1CC(C(CCCCCCCC)Oc2ccc(-c3ccc(C#N)cc3)cc2)OC1=O. The maximum absolute atomic E-state index is 11.8. The molecule has 162 valence electrons. The molecule has 1 fully saturated rings. The van der Waals surface area contributed by atoms with Crippen molar-refractivity contribution in [1.29, 1.82) is 5.26 Å². The molecule has 2 unspecified atom stereocenters. The predicted molar refractivity (Wildman–Crippen MR) is 123 cm³/mol. The van der Waals surface area contributed by atoms with E-state index in [1.54, 1.807) is 0 Å². The maximum Gasteiger partial charge on any atom is 0.333 e. The van der Waals surface area contributed by atoms with E-state index >= 15 is 0 Å². The molecule has 0 aromatic heterocycles. The Hall–Kier alpha value is -3.06. The van der Waals surface area contributed by atoms with Gasteiger partial charge in [-0.2, -0.15) is 5.26 Å². The van der Waals surface area contributed by atoms with E-state index in [4.69, 9.17) is 14.7 Å². The lowest BCUT2D eigenvalue weighted by Gasteiger charge is -2.24. The van der Waals surface area contributed by atoms with E-state index in [9.17, 15) is 4.79 Å². The number of cyclic esters (lactones) is 1. The Balaban J connectivity index is 1.63. The van der Waals surface area contributed by atoms with E-state index in [1.807, 2.05) is 48.5 Å². The van der Waals surface area contributed by atoms with Crippen molar-refractivity contribution in [1.82, 2.24) is 0 Å². The monoisotopic (exact) mass is 417 g/mol. The molecular formula is C27H31NO3. The third-order valence-electron chi connectivity index (χ3n) is 5.74. The lowest BCUT2D eigenvalue weighted by molar-refractivity contribution is -0.142. The molecule has 0 N–H and O–H groups in total. The molecule has 0 aliphatic carbocycles. The Kier molecular flexibility index (Phi) is 8.29. The van der Waals surface area contributed by atoms with Gasteiger partial charge in [0.05, 0.1) is 11.6 Å². The normalized spacial score (nSPS) is 16.6. The highest BCUT2D eigenvalue weighted by atomic mass is 16.6. The number of unbranched alkanes of at least 4 members (excludes halogenated alkanes) is 5. The average molecular weight is 418 g/mol. The van der Waals surface area contributed by atoms with Gasteiger partial charge in [-0.3, -0.25) is 0 Å². The first-order valence-electron chi connectivity index (χ1n) is 11.3. The summed E-state index contributed by atoms with van der Waals surface area (Å²) in [6.45, 7) is 6.03. The van der Waals surface area contributed by atoms with Crippen LogP contribution in [0.2, 0.25) is 0 Å². The summed E-state index contributed by atoms with van der Waals surface area (Å²) >= 11 is 0. The molecule has 0 radical (unpaired) electrons. The maximum atomic E-state index is 11.8. The standard InChI is InChI=1S/C27H31NO3/c1-3-4-5-6-7-8-9-25(26-18-20(2)27(29)31-26)30-24-16-14-23(15-17-24)22-12-10-21(19-28)11-13-22/h10-17,25-26H,2-9,18H2,1H3. The number of benzene rings is 2. The van der Waals surface area contributed by atoms with Gasteiger partial charge in [0, 0.05) is 12.0 Å². The second kappa shape index (κ2) is 11.4. The van der Waals surface area contributed by atoms with E-state index in [1.165, 1.54) is 32.1 Å². The molecule has 1 heterocycles. The molecule has 4 nitrogen and oxygen atoms in total. The van der Waals surface area contributed by atoms with Crippen molar-refractivity contribution in [3.8, 4) is 22.9 Å². The molecule has 3 rings (SSSR count). The first kappa shape index (κ1) is 22.6. The number of hydrogen-bond acceptors (Lipinski definition) is 4. The first-order valence-corrected chi connectivity index (χ1v) is 11.3. The summed E-state index contributed by atoms with van der Waals surface area (Å²) in [5, 5.41) is 8.95. The highest BCUT2D eigenvalue weighted by Gasteiger charge is 2.35. The van der Waals surface area contributed by atoms with E-state index < -0.39 is 0 Å². The fourth-order valence-electron chi connectivity index (χ4n) is 3.88.